The van der Waals surface area contributed by atoms with Gasteiger partial charge in [-0.1, -0.05) is 42.5 Å². The van der Waals surface area contributed by atoms with Gasteiger partial charge in [-0.15, -0.1) is 0 Å². The molecule has 120 valence electrons. The third-order valence-electron chi connectivity index (χ3n) is 3.37. The minimum atomic E-state index is -0.632. The molecule has 23 heavy (non-hydrogen) atoms. The summed E-state index contributed by atoms with van der Waals surface area (Å²) in [6, 6.07) is 16.5. The smallest absolute Gasteiger partial charge is 0.253 e. The topological polar surface area (TPSA) is 67.4 Å². The molecule has 1 unspecified atom stereocenters. The second kappa shape index (κ2) is 8.10. The summed E-state index contributed by atoms with van der Waals surface area (Å²) in [4.78, 5) is 24.0. The maximum Gasteiger partial charge on any atom is 0.253 e. The summed E-state index contributed by atoms with van der Waals surface area (Å²) in [6.07, 6.45) is -0.632. The Balaban J connectivity index is 1.97. The van der Waals surface area contributed by atoms with E-state index >= 15 is 0 Å². The average molecular weight is 312 g/mol. The number of hydrogen-bond donors (Lipinski definition) is 2. The van der Waals surface area contributed by atoms with Gasteiger partial charge in [-0.3, -0.25) is 9.59 Å². The summed E-state index contributed by atoms with van der Waals surface area (Å²) in [6.45, 7) is 2.04. The van der Waals surface area contributed by atoms with Gasteiger partial charge in [0, 0.05) is 7.05 Å². The molecule has 0 aliphatic heterocycles. The highest BCUT2D eigenvalue weighted by molar-refractivity contribution is 6.04. The molecule has 5 nitrogen and oxygen atoms in total. The van der Waals surface area contributed by atoms with E-state index in [4.69, 9.17) is 4.74 Å². The zero-order valence-corrected chi connectivity index (χ0v) is 13.2. The van der Waals surface area contributed by atoms with Crippen molar-refractivity contribution in [2.24, 2.45) is 0 Å². The van der Waals surface area contributed by atoms with Crippen LogP contribution in [-0.2, 0) is 16.1 Å². The summed E-state index contributed by atoms with van der Waals surface area (Å²) in [5, 5.41) is 5.29. The minimum absolute atomic E-state index is 0.251. The quantitative estimate of drug-likeness (QED) is 0.861. The van der Waals surface area contributed by atoms with Crippen LogP contribution in [0.5, 0.6) is 0 Å². The van der Waals surface area contributed by atoms with Gasteiger partial charge in [0.1, 0.15) is 6.10 Å². The average Bonchev–Trinajstić information content (AvgIpc) is 2.60. The fourth-order valence-electron chi connectivity index (χ4n) is 2.03. The van der Waals surface area contributed by atoms with E-state index < -0.39 is 6.10 Å². The highest BCUT2D eigenvalue weighted by atomic mass is 16.5. The minimum Gasteiger partial charge on any atom is -0.364 e. The lowest BCUT2D eigenvalue weighted by atomic mass is 10.1. The van der Waals surface area contributed by atoms with E-state index in [0.29, 0.717) is 17.9 Å². The molecule has 2 rings (SSSR count). The van der Waals surface area contributed by atoms with Gasteiger partial charge >= 0.3 is 0 Å². The molecular formula is C18H20N2O3. The van der Waals surface area contributed by atoms with Gasteiger partial charge in [0.15, 0.2) is 0 Å². The molecule has 0 aliphatic carbocycles. The fraction of sp³-hybridized carbons (Fsp3) is 0.222. The predicted molar refractivity (Wildman–Crippen MR) is 89.2 cm³/mol. The predicted octanol–water partition coefficient (Wildman–Crippen LogP) is 2.59. The van der Waals surface area contributed by atoms with Crippen LogP contribution in [-0.4, -0.2) is 25.0 Å². The lowest BCUT2D eigenvalue weighted by molar-refractivity contribution is -0.127. The summed E-state index contributed by atoms with van der Waals surface area (Å²) in [5.74, 6) is -0.545. The second-order valence-electron chi connectivity index (χ2n) is 5.05. The molecule has 2 aromatic rings. The highest BCUT2D eigenvalue weighted by Gasteiger charge is 2.17. The van der Waals surface area contributed by atoms with Crippen LogP contribution in [0.1, 0.15) is 22.8 Å². The molecular weight excluding hydrogens is 292 g/mol. The van der Waals surface area contributed by atoms with Gasteiger partial charge in [-0.25, -0.2) is 0 Å². The zero-order valence-electron chi connectivity index (χ0n) is 13.2. The second-order valence-corrected chi connectivity index (χ2v) is 5.05. The molecule has 5 heteroatoms. The summed E-state index contributed by atoms with van der Waals surface area (Å²) >= 11 is 0. The van der Waals surface area contributed by atoms with Crippen molar-refractivity contribution in [1.82, 2.24) is 5.32 Å². The van der Waals surface area contributed by atoms with E-state index in [0.717, 1.165) is 5.56 Å². The molecule has 2 amide bonds. The number of hydrogen-bond acceptors (Lipinski definition) is 3. The van der Waals surface area contributed by atoms with Crippen LogP contribution in [0.3, 0.4) is 0 Å². The first-order chi connectivity index (χ1) is 11.1. The largest absolute Gasteiger partial charge is 0.364 e. The molecule has 0 spiro atoms. The SMILES string of the molecule is CNC(=O)c1ccccc1NC(=O)C(C)OCc1ccccc1. The number of carbonyl (C=O) groups is 2. The number of amides is 2. The van der Waals surface area contributed by atoms with Gasteiger partial charge in [0.05, 0.1) is 17.9 Å². The third kappa shape index (κ3) is 4.66. The van der Waals surface area contributed by atoms with E-state index in [-0.39, 0.29) is 11.8 Å². The summed E-state index contributed by atoms with van der Waals surface area (Å²) in [7, 11) is 1.55. The standard InChI is InChI=1S/C18H20N2O3/c1-13(23-12-14-8-4-3-5-9-14)17(21)20-16-11-7-6-10-15(16)18(22)19-2/h3-11,13H,12H2,1-2H3,(H,19,22)(H,20,21). The van der Waals surface area contributed by atoms with Crippen LogP contribution in [0.15, 0.2) is 54.6 Å². The van der Waals surface area contributed by atoms with Crippen molar-refractivity contribution in [1.29, 1.82) is 0 Å². The highest BCUT2D eigenvalue weighted by Crippen LogP contribution is 2.15. The number of anilines is 1. The summed E-state index contributed by atoms with van der Waals surface area (Å²) < 4.78 is 5.58. The fourth-order valence-corrected chi connectivity index (χ4v) is 2.03. The lowest BCUT2D eigenvalue weighted by Gasteiger charge is -2.15. The Morgan fingerprint density at radius 3 is 2.39 bits per heavy atom. The Bertz CT molecular complexity index is 671. The molecule has 0 aromatic heterocycles. The Morgan fingerprint density at radius 2 is 1.70 bits per heavy atom. The van der Waals surface area contributed by atoms with Gasteiger partial charge < -0.3 is 15.4 Å². The molecule has 0 saturated carbocycles. The first-order valence-electron chi connectivity index (χ1n) is 7.39. The van der Waals surface area contributed by atoms with Gasteiger partial charge in [0.25, 0.3) is 11.8 Å². The van der Waals surface area contributed by atoms with Crippen molar-refractivity contribution in [2.75, 3.05) is 12.4 Å². The molecule has 2 aromatic carbocycles. The van der Waals surface area contributed by atoms with Crippen molar-refractivity contribution in [2.45, 2.75) is 19.6 Å². The van der Waals surface area contributed by atoms with Crippen LogP contribution in [0.25, 0.3) is 0 Å². The molecule has 0 fully saturated rings. The van der Waals surface area contributed by atoms with E-state index in [1.54, 1.807) is 38.2 Å². The number of nitrogens with one attached hydrogen (secondary N) is 2. The number of carbonyl (C=O) groups excluding carboxylic acids is 2. The Labute approximate surface area is 135 Å². The van der Waals surface area contributed by atoms with Crippen LogP contribution in [0.4, 0.5) is 5.69 Å². The van der Waals surface area contributed by atoms with Gasteiger partial charge in [0.2, 0.25) is 0 Å². The lowest BCUT2D eigenvalue weighted by Crippen LogP contribution is -2.29. The van der Waals surface area contributed by atoms with E-state index in [9.17, 15) is 9.59 Å². The van der Waals surface area contributed by atoms with Crippen LogP contribution >= 0.6 is 0 Å². The monoisotopic (exact) mass is 312 g/mol. The molecule has 2 N–H and O–H groups in total. The Kier molecular flexibility index (Phi) is 5.88. The number of para-hydroxylation sites is 1. The van der Waals surface area contributed by atoms with Crippen LogP contribution in [0, 0.1) is 0 Å². The van der Waals surface area contributed by atoms with Crippen LogP contribution < -0.4 is 10.6 Å². The van der Waals surface area contributed by atoms with Crippen molar-refractivity contribution in [3.05, 3.63) is 65.7 Å². The molecule has 1 atom stereocenters. The van der Waals surface area contributed by atoms with Crippen molar-refractivity contribution in [3.63, 3.8) is 0 Å². The third-order valence-corrected chi connectivity index (χ3v) is 3.37. The number of rotatable bonds is 6. The van der Waals surface area contributed by atoms with E-state index in [1.165, 1.54) is 0 Å². The molecule has 0 aliphatic rings. The van der Waals surface area contributed by atoms with E-state index in [2.05, 4.69) is 10.6 Å². The Hall–Kier alpha value is -2.66. The molecule has 0 saturated heterocycles. The maximum atomic E-state index is 12.2. The number of benzene rings is 2. The van der Waals surface area contributed by atoms with Gasteiger partial charge in [-0.05, 0) is 24.6 Å². The van der Waals surface area contributed by atoms with Crippen LogP contribution in [0.2, 0.25) is 0 Å². The summed E-state index contributed by atoms with van der Waals surface area (Å²) in [5.41, 5.74) is 1.88. The maximum absolute atomic E-state index is 12.2. The van der Waals surface area contributed by atoms with Crippen molar-refractivity contribution >= 4 is 17.5 Å². The molecule has 0 radical (unpaired) electrons. The first kappa shape index (κ1) is 16.7. The normalized spacial score (nSPS) is 11.6. The Morgan fingerprint density at radius 1 is 1.04 bits per heavy atom. The number of ether oxygens (including phenoxy) is 1. The van der Waals surface area contributed by atoms with E-state index in [1.807, 2.05) is 30.3 Å². The van der Waals surface area contributed by atoms with Crippen molar-refractivity contribution < 1.29 is 14.3 Å². The zero-order chi connectivity index (χ0) is 16.7. The van der Waals surface area contributed by atoms with Crippen molar-refractivity contribution in [3.8, 4) is 0 Å². The van der Waals surface area contributed by atoms with Gasteiger partial charge in [-0.2, -0.15) is 0 Å². The first-order valence-corrected chi connectivity index (χ1v) is 7.39. The molecule has 0 bridgehead atoms. The molecule has 0 heterocycles.